The Balaban J connectivity index is 1.85. The van der Waals surface area contributed by atoms with Crippen molar-refractivity contribution < 1.29 is 14.6 Å². The Hall–Kier alpha value is -3.47. The lowest BCUT2D eigenvalue weighted by molar-refractivity contribution is -0.380. The predicted molar refractivity (Wildman–Crippen MR) is 94.5 cm³/mol. The van der Waals surface area contributed by atoms with Crippen molar-refractivity contribution in [1.29, 1.82) is 0 Å². The number of amidine groups is 1. The number of nitrogens with zero attached hydrogens (tertiary/aromatic N) is 1. The molecule has 0 aliphatic rings. The summed E-state index contributed by atoms with van der Waals surface area (Å²) in [4.78, 5) is 20.8. The first kappa shape index (κ1) is 16.4. The van der Waals surface area contributed by atoms with Crippen LogP contribution in [0.2, 0.25) is 0 Å². The fourth-order valence-corrected chi connectivity index (χ4v) is 2.50. The highest BCUT2D eigenvalue weighted by molar-refractivity contribution is 5.94. The number of pyridine rings is 1. The molecular weight excluding hydrogens is 314 g/mol. The molecule has 0 fully saturated rings. The van der Waals surface area contributed by atoms with Crippen LogP contribution in [-0.4, -0.2) is 11.8 Å². The van der Waals surface area contributed by atoms with Crippen molar-refractivity contribution >= 4 is 11.8 Å². The molecular formula is C20H18N3O2+. The fraction of sp³-hybridized carbons (Fsp3) is 0.0500. The Bertz CT molecular complexity index is 810. The maximum atomic E-state index is 12.7. The van der Waals surface area contributed by atoms with Crippen LogP contribution < -0.4 is 10.7 Å². The molecule has 1 heterocycles. The van der Waals surface area contributed by atoms with Gasteiger partial charge in [-0.15, -0.1) is 0 Å². The van der Waals surface area contributed by atoms with Gasteiger partial charge in [0.1, 0.15) is 5.92 Å². The zero-order valence-corrected chi connectivity index (χ0v) is 13.5. The van der Waals surface area contributed by atoms with Gasteiger partial charge in [-0.05, 0) is 17.2 Å². The molecule has 0 amide bonds. The Morgan fingerprint density at radius 2 is 1.44 bits per heavy atom. The number of hydrogen-bond donors (Lipinski definition) is 1. The maximum absolute atomic E-state index is 12.7. The van der Waals surface area contributed by atoms with Crippen LogP contribution in [0.3, 0.4) is 0 Å². The lowest BCUT2D eigenvalue weighted by Crippen LogP contribution is -2.25. The van der Waals surface area contributed by atoms with Crippen LogP contribution in [0.25, 0.3) is 0 Å². The van der Waals surface area contributed by atoms with Gasteiger partial charge in [-0.2, -0.15) is 0 Å². The van der Waals surface area contributed by atoms with Gasteiger partial charge in [0.15, 0.2) is 6.20 Å². The molecule has 0 saturated heterocycles. The molecule has 1 aromatic heterocycles. The van der Waals surface area contributed by atoms with Crippen molar-refractivity contribution in [2.24, 2.45) is 10.9 Å². The summed E-state index contributed by atoms with van der Waals surface area (Å²) in [5, 5.41) is 3.78. The van der Waals surface area contributed by atoms with E-state index in [-0.39, 0.29) is 5.84 Å². The van der Waals surface area contributed by atoms with Crippen LogP contribution in [0, 0.1) is 0 Å². The van der Waals surface area contributed by atoms with Crippen molar-refractivity contribution in [2.45, 2.75) is 5.92 Å². The lowest BCUT2D eigenvalue weighted by Gasteiger charge is -2.14. The average Bonchev–Trinajstić information content (AvgIpc) is 2.69. The summed E-state index contributed by atoms with van der Waals surface area (Å²) in [6.07, 6.45) is 1.72. The van der Waals surface area contributed by atoms with E-state index in [0.29, 0.717) is 5.69 Å². The van der Waals surface area contributed by atoms with Gasteiger partial charge in [-0.3, -0.25) is 0 Å². The number of nitrogens with two attached hydrogens (primary N) is 1. The number of H-pyrrole nitrogens is 1. The molecule has 0 aliphatic heterocycles. The van der Waals surface area contributed by atoms with Crippen LogP contribution in [0.4, 0.5) is 0 Å². The highest BCUT2D eigenvalue weighted by Gasteiger charge is 2.25. The van der Waals surface area contributed by atoms with Crippen LogP contribution in [0.5, 0.6) is 0 Å². The van der Waals surface area contributed by atoms with Crippen LogP contribution >= 0.6 is 0 Å². The monoisotopic (exact) mass is 332 g/mol. The van der Waals surface area contributed by atoms with Gasteiger partial charge in [0.25, 0.3) is 0 Å². The fourth-order valence-electron chi connectivity index (χ4n) is 2.50. The van der Waals surface area contributed by atoms with E-state index < -0.39 is 11.9 Å². The summed E-state index contributed by atoms with van der Waals surface area (Å²) < 4.78 is 0. The van der Waals surface area contributed by atoms with E-state index in [1.807, 2.05) is 72.8 Å². The highest BCUT2D eigenvalue weighted by atomic mass is 16.7. The maximum Gasteiger partial charge on any atom is 0.346 e. The standard InChI is InChI=1S/C20H17N3O2/c21-19(17-13-7-8-14-22-17)23-25-20(24)18(15-9-3-1-4-10-15)16-11-5-2-6-12-16/h1-14,18H,(H2,21,23)/p+1. The van der Waals surface area contributed by atoms with Gasteiger partial charge in [0.2, 0.25) is 11.5 Å². The van der Waals surface area contributed by atoms with Crippen LogP contribution in [0.1, 0.15) is 22.7 Å². The number of aromatic amines is 1. The first-order valence-corrected chi connectivity index (χ1v) is 7.87. The molecule has 124 valence electrons. The third-order valence-electron chi connectivity index (χ3n) is 3.72. The van der Waals surface area contributed by atoms with Crippen LogP contribution in [-0.2, 0) is 9.63 Å². The molecule has 0 atom stereocenters. The van der Waals surface area contributed by atoms with E-state index in [1.165, 1.54) is 0 Å². The average molecular weight is 332 g/mol. The number of carbonyl (C=O) groups is 1. The minimum Gasteiger partial charge on any atom is -0.375 e. The first-order valence-electron chi connectivity index (χ1n) is 7.87. The van der Waals surface area contributed by atoms with Crippen molar-refractivity contribution in [2.75, 3.05) is 0 Å². The topological polar surface area (TPSA) is 78.8 Å². The molecule has 3 rings (SSSR count). The van der Waals surface area contributed by atoms with Crippen molar-refractivity contribution in [3.63, 3.8) is 0 Å². The number of carbonyl (C=O) groups excluding carboxylic acids is 1. The van der Waals surface area contributed by atoms with E-state index in [9.17, 15) is 4.79 Å². The lowest BCUT2D eigenvalue weighted by atomic mass is 9.91. The van der Waals surface area contributed by atoms with Gasteiger partial charge in [-0.1, -0.05) is 65.8 Å². The van der Waals surface area contributed by atoms with Gasteiger partial charge in [-0.25, -0.2) is 9.78 Å². The van der Waals surface area contributed by atoms with Gasteiger partial charge in [0, 0.05) is 12.1 Å². The number of aromatic nitrogens is 1. The number of rotatable bonds is 5. The minimum absolute atomic E-state index is 0.105. The van der Waals surface area contributed by atoms with Crippen LogP contribution in [0.15, 0.2) is 90.2 Å². The minimum atomic E-state index is -0.571. The largest absolute Gasteiger partial charge is 0.375 e. The summed E-state index contributed by atoms with van der Waals surface area (Å²) in [6.45, 7) is 0. The molecule has 3 aromatic rings. The Labute approximate surface area is 145 Å². The molecule has 0 spiro atoms. The number of hydrogen-bond acceptors (Lipinski definition) is 3. The van der Waals surface area contributed by atoms with Crippen molar-refractivity contribution in [3.8, 4) is 0 Å². The molecule has 0 aliphatic carbocycles. The molecule has 0 saturated carbocycles. The Morgan fingerprint density at radius 3 is 1.96 bits per heavy atom. The second-order valence-electron chi connectivity index (χ2n) is 5.42. The van der Waals surface area contributed by atoms with E-state index >= 15 is 0 Å². The Kier molecular flexibility index (Phi) is 5.16. The van der Waals surface area contributed by atoms with E-state index in [4.69, 9.17) is 10.6 Å². The second-order valence-corrected chi connectivity index (χ2v) is 5.42. The SMILES string of the molecule is NC(=NOC(=O)C(c1ccccc1)c1ccccc1)c1cccc[nH+]1. The summed E-state index contributed by atoms with van der Waals surface area (Å²) in [7, 11) is 0. The van der Waals surface area contributed by atoms with Crippen molar-refractivity contribution in [1.82, 2.24) is 0 Å². The third-order valence-corrected chi connectivity index (χ3v) is 3.72. The van der Waals surface area contributed by atoms with E-state index in [1.54, 1.807) is 12.3 Å². The second kappa shape index (κ2) is 7.88. The third kappa shape index (κ3) is 4.09. The molecule has 5 heteroatoms. The smallest absolute Gasteiger partial charge is 0.346 e. The van der Waals surface area contributed by atoms with Crippen molar-refractivity contribution in [3.05, 3.63) is 102 Å². The summed E-state index contributed by atoms with van der Waals surface area (Å²) in [5.41, 5.74) is 8.10. The zero-order chi connectivity index (χ0) is 17.5. The molecule has 3 N–H and O–H groups in total. The number of benzene rings is 2. The van der Waals surface area contributed by atoms with Gasteiger partial charge < -0.3 is 10.6 Å². The first-order chi connectivity index (χ1) is 12.3. The molecule has 5 nitrogen and oxygen atoms in total. The van der Waals surface area contributed by atoms with Gasteiger partial charge >= 0.3 is 5.97 Å². The predicted octanol–water partition coefficient (Wildman–Crippen LogP) is 2.50. The van der Waals surface area contributed by atoms with Gasteiger partial charge in [0.05, 0.1) is 0 Å². The number of oxime groups is 1. The molecule has 0 bridgehead atoms. The summed E-state index contributed by atoms with van der Waals surface area (Å²) in [5.74, 6) is -0.955. The summed E-state index contributed by atoms with van der Waals surface area (Å²) >= 11 is 0. The zero-order valence-electron chi connectivity index (χ0n) is 13.5. The summed E-state index contributed by atoms with van der Waals surface area (Å²) in [6, 6.07) is 24.3. The normalized spacial score (nSPS) is 11.3. The number of nitrogens with one attached hydrogen (secondary N) is 1. The molecule has 2 aromatic carbocycles. The molecule has 25 heavy (non-hydrogen) atoms. The molecule has 0 radical (unpaired) electrons. The van der Waals surface area contributed by atoms with E-state index in [2.05, 4.69) is 10.1 Å². The Morgan fingerprint density at radius 1 is 0.880 bits per heavy atom. The van der Waals surface area contributed by atoms with E-state index in [0.717, 1.165) is 11.1 Å². The molecule has 0 unspecified atom stereocenters. The quantitative estimate of drug-likeness (QED) is 0.337. The highest BCUT2D eigenvalue weighted by Crippen LogP contribution is 2.26.